The molecule has 0 bridgehead atoms. The minimum absolute atomic E-state index is 0.0163. The molecule has 0 aliphatic carbocycles. The van der Waals surface area contributed by atoms with Crippen LogP contribution in [0.15, 0.2) is 52.8 Å². The zero-order valence-corrected chi connectivity index (χ0v) is 12.8. The first-order chi connectivity index (χ1) is 10.6. The van der Waals surface area contributed by atoms with Crippen LogP contribution < -0.4 is 10.9 Å². The van der Waals surface area contributed by atoms with E-state index in [1.807, 2.05) is 42.6 Å². The second-order valence-electron chi connectivity index (χ2n) is 4.98. The average Bonchev–Trinajstić information content (AvgIpc) is 3.04. The predicted molar refractivity (Wildman–Crippen MR) is 86.9 cm³/mol. The minimum atomic E-state index is -0.280. The van der Waals surface area contributed by atoms with E-state index in [2.05, 4.69) is 10.3 Å². The van der Waals surface area contributed by atoms with Gasteiger partial charge in [-0.25, -0.2) is 4.98 Å². The quantitative estimate of drug-likeness (QED) is 0.804. The molecule has 2 heterocycles. The molecule has 0 aliphatic heterocycles. The van der Waals surface area contributed by atoms with Crippen LogP contribution in [0, 0.1) is 0 Å². The van der Waals surface area contributed by atoms with E-state index in [0.717, 1.165) is 4.88 Å². The summed E-state index contributed by atoms with van der Waals surface area (Å²) in [6, 6.07) is 11.1. The lowest BCUT2D eigenvalue weighted by Crippen LogP contribution is -2.33. The van der Waals surface area contributed by atoms with Crippen LogP contribution >= 0.6 is 11.3 Å². The van der Waals surface area contributed by atoms with Crippen molar-refractivity contribution in [2.45, 2.75) is 19.5 Å². The van der Waals surface area contributed by atoms with Gasteiger partial charge in [-0.3, -0.25) is 14.2 Å². The monoisotopic (exact) mass is 313 g/mol. The molecule has 1 amide bonds. The molecule has 0 saturated carbocycles. The number of benzene rings is 1. The average molecular weight is 313 g/mol. The number of hydrogen-bond donors (Lipinski definition) is 1. The number of aromatic nitrogens is 2. The Morgan fingerprint density at radius 3 is 2.91 bits per heavy atom. The van der Waals surface area contributed by atoms with E-state index >= 15 is 0 Å². The first-order valence-electron chi connectivity index (χ1n) is 6.92. The fourth-order valence-electron chi connectivity index (χ4n) is 2.32. The van der Waals surface area contributed by atoms with Crippen LogP contribution in [0.2, 0.25) is 0 Å². The summed E-state index contributed by atoms with van der Waals surface area (Å²) in [6.45, 7) is 1.91. The number of thiophene rings is 1. The van der Waals surface area contributed by atoms with E-state index in [-0.39, 0.29) is 24.1 Å². The maximum absolute atomic E-state index is 12.2. The van der Waals surface area contributed by atoms with Crippen molar-refractivity contribution in [3.63, 3.8) is 0 Å². The van der Waals surface area contributed by atoms with Crippen molar-refractivity contribution >= 4 is 28.3 Å². The van der Waals surface area contributed by atoms with Gasteiger partial charge in [0.2, 0.25) is 5.91 Å². The molecule has 3 aromatic rings. The topological polar surface area (TPSA) is 64.0 Å². The summed E-state index contributed by atoms with van der Waals surface area (Å²) >= 11 is 1.59. The van der Waals surface area contributed by atoms with Crippen LogP contribution in [-0.2, 0) is 11.3 Å². The number of carbonyl (C=O) groups excluding carboxylic acids is 1. The van der Waals surface area contributed by atoms with E-state index < -0.39 is 0 Å². The van der Waals surface area contributed by atoms with Gasteiger partial charge in [-0.1, -0.05) is 18.2 Å². The standard InChI is InChI=1S/C16H15N3O2S/c1-11(14-7-4-8-22-14)18-15(20)10-19-13-6-3-2-5-12(13)17-9-16(19)21/h2-9,11H,10H2,1H3,(H,18,20)/t11-/m0/s1. The van der Waals surface area contributed by atoms with Crippen LogP contribution in [0.3, 0.4) is 0 Å². The highest BCUT2D eigenvalue weighted by Crippen LogP contribution is 2.18. The Balaban J connectivity index is 1.82. The van der Waals surface area contributed by atoms with E-state index in [1.165, 1.54) is 10.8 Å². The fraction of sp³-hybridized carbons (Fsp3) is 0.188. The Kier molecular flexibility index (Phi) is 4.02. The largest absolute Gasteiger partial charge is 0.347 e. The molecule has 0 aliphatic rings. The summed E-state index contributed by atoms with van der Waals surface area (Å²) < 4.78 is 1.44. The van der Waals surface area contributed by atoms with E-state index in [4.69, 9.17) is 0 Å². The molecule has 6 heteroatoms. The van der Waals surface area contributed by atoms with Crippen LogP contribution in [0.1, 0.15) is 17.8 Å². The minimum Gasteiger partial charge on any atom is -0.347 e. The predicted octanol–water partition coefficient (Wildman–Crippen LogP) is 2.34. The van der Waals surface area contributed by atoms with Gasteiger partial charge in [0.25, 0.3) is 5.56 Å². The van der Waals surface area contributed by atoms with Crippen molar-refractivity contribution in [2.75, 3.05) is 0 Å². The summed E-state index contributed by atoms with van der Waals surface area (Å²) in [6.07, 6.45) is 1.25. The Labute approximate surface area is 131 Å². The number of carbonyl (C=O) groups is 1. The molecule has 1 N–H and O–H groups in total. The SMILES string of the molecule is C[C@H](NC(=O)Cn1c(=O)cnc2ccccc21)c1cccs1. The number of para-hydroxylation sites is 2. The highest BCUT2D eigenvalue weighted by atomic mass is 32.1. The lowest BCUT2D eigenvalue weighted by atomic mass is 10.2. The van der Waals surface area contributed by atoms with Crippen molar-refractivity contribution < 1.29 is 4.79 Å². The third-order valence-electron chi connectivity index (χ3n) is 3.40. The molecule has 0 fully saturated rings. The summed E-state index contributed by atoms with van der Waals surface area (Å²) in [7, 11) is 0. The zero-order chi connectivity index (χ0) is 15.5. The Bertz CT molecular complexity index is 855. The zero-order valence-electron chi connectivity index (χ0n) is 12.0. The summed E-state index contributed by atoms with van der Waals surface area (Å²) in [5.41, 5.74) is 1.08. The van der Waals surface area contributed by atoms with Crippen molar-refractivity contribution in [3.05, 3.63) is 63.2 Å². The fourth-order valence-corrected chi connectivity index (χ4v) is 3.05. The van der Waals surface area contributed by atoms with Crippen molar-refractivity contribution in [3.8, 4) is 0 Å². The maximum atomic E-state index is 12.2. The Hall–Kier alpha value is -2.47. The highest BCUT2D eigenvalue weighted by Gasteiger charge is 2.13. The number of fused-ring (bicyclic) bond motifs is 1. The van der Waals surface area contributed by atoms with E-state index in [1.54, 1.807) is 17.4 Å². The molecular weight excluding hydrogens is 298 g/mol. The summed E-state index contributed by atoms with van der Waals surface area (Å²) in [5.74, 6) is -0.195. The molecule has 0 spiro atoms. The van der Waals surface area contributed by atoms with Crippen LogP contribution in [0.4, 0.5) is 0 Å². The third kappa shape index (κ3) is 2.92. The normalized spacial score (nSPS) is 12.2. The van der Waals surface area contributed by atoms with E-state index in [0.29, 0.717) is 11.0 Å². The van der Waals surface area contributed by atoms with Gasteiger partial charge >= 0.3 is 0 Å². The van der Waals surface area contributed by atoms with Gasteiger partial charge in [-0.2, -0.15) is 0 Å². The molecule has 0 radical (unpaired) electrons. The molecule has 5 nitrogen and oxygen atoms in total. The second-order valence-corrected chi connectivity index (χ2v) is 5.96. The first kappa shape index (κ1) is 14.5. The van der Waals surface area contributed by atoms with Gasteiger partial charge in [0.05, 0.1) is 23.3 Å². The molecule has 1 aromatic carbocycles. The highest BCUT2D eigenvalue weighted by molar-refractivity contribution is 7.10. The van der Waals surface area contributed by atoms with Crippen molar-refractivity contribution in [2.24, 2.45) is 0 Å². The molecule has 112 valence electrons. The van der Waals surface area contributed by atoms with E-state index in [9.17, 15) is 9.59 Å². The summed E-state index contributed by atoms with van der Waals surface area (Å²) in [5, 5.41) is 4.89. The number of rotatable bonds is 4. The molecule has 2 aromatic heterocycles. The van der Waals surface area contributed by atoms with Gasteiger partial charge in [0.1, 0.15) is 6.54 Å². The summed E-state index contributed by atoms with van der Waals surface area (Å²) in [4.78, 5) is 29.4. The first-order valence-corrected chi connectivity index (χ1v) is 7.80. The van der Waals surface area contributed by atoms with Crippen molar-refractivity contribution in [1.29, 1.82) is 0 Å². The van der Waals surface area contributed by atoms with Gasteiger partial charge in [0, 0.05) is 4.88 Å². The number of hydrogen-bond acceptors (Lipinski definition) is 4. The van der Waals surface area contributed by atoms with Crippen LogP contribution in [0.5, 0.6) is 0 Å². The molecule has 0 unspecified atom stereocenters. The molecular formula is C16H15N3O2S. The number of amides is 1. The van der Waals surface area contributed by atoms with Gasteiger partial charge in [0.15, 0.2) is 0 Å². The lowest BCUT2D eigenvalue weighted by molar-refractivity contribution is -0.122. The Morgan fingerprint density at radius 2 is 2.14 bits per heavy atom. The number of nitrogens with zero attached hydrogens (tertiary/aromatic N) is 2. The lowest BCUT2D eigenvalue weighted by Gasteiger charge is -2.14. The maximum Gasteiger partial charge on any atom is 0.269 e. The third-order valence-corrected chi connectivity index (χ3v) is 4.46. The molecule has 3 rings (SSSR count). The van der Waals surface area contributed by atoms with Crippen LogP contribution in [0.25, 0.3) is 11.0 Å². The smallest absolute Gasteiger partial charge is 0.269 e. The molecule has 0 saturated heterocycles. The van der Waals surface area contributed by atoms with Gasteiger partial charge in [-0.05, 0) is 30.5 Å². The van der Waals surface area contributed by atoms with Gasteiger partial charge < -0.3 is 5.32 Å². The number of nitrogens with one attached hydrogen (secondary N) is 1. The second kappa shape index (κ2) is 6.11. The van der Waals surface area contributed by atoms with Crippen LogP contribution in [-0.4, -0.2) is 15.5 Å². The van der Waals surface area contributed by atoms with Crippen molar-refractivity contribution in [1.82, 2.24) is 14.9 Å². The molecule has 22 heavy (non-hydrogen) atoms. The van der Waals surface area contributed by atoms with Gasteiger partial charge in [-0.15, -0.1) is 11.3 Å². The molecule has 1 atom stereocenters. The Morgan fingerprint density at radius 1 is 1.32 bits per heavy atom.